The Labute approximate surface area is 117 Å². The van der Waals surface area contributed by atoms with Crippen LogP contribution in [0, 0.1) is 5.92 Å². The molecule has 1 saturated carbocycles. The lowest BCUT2D eigenvalue weighted by Gasteiger charge is -2.24. The number of amides is 1. The highest BCUT2D eigenvalue weighted by atomic mass is 16.6. The van der Waals surface area contributed by atoms with Crippen LogP contribution in [-0.2, 0) is 0 Å². The largest absolute Gasteiger partial charge is 0.486 e. The molecule has 1 aliphatic carbocycles. The van der Waals surface area contributed by atoms with Crippen LogP contribution in [0.4, 0.5) is 0 Å². The standard InChI is InChI=1S/C15H18N2O3/c18-15(17-12-6-9-5-11(12)16-8-9)10-1-2-13-14(7-10)20-4-3-19-13/h1-2,7,9,11-12,16H,3-6,8H2,(H,17,18). The maximum Gasteiger partial charge on any atom is 0.251 e. The highest BCUT2D eigenvalue weighted by molar-refractivity contribution is 5.95. The molecule has 2 bridgehead atoms. The molecule has 0 aromatic heterocycles. The van der Waals surface area contributed by atoms with Gasteiger partial charge in [0, 0.05) is 17.6 Å². The van der Waals surface area contributed by atoms with Crippen molar-refractivity contribution in [3.63, 3.8) is 0 Å². The minimum absolute atomic E-state index is 0.0266. The third-order valence-electron chi connectivity index (χ3n) is 4.45. The summed E-state index contributed by atoms with van der Waals surface area (Å²) in [4.78, 5) is 12.3. The Balaban J connectivity index is 1.48. The second-order valence-electron chi connectivity index (χ2n) is 5.79. The van der Waals surface area contributed by atoms with Crippen molar-refractivity contribution in [2.45, 2.75) is 24.9 Å². The van der Waals surface area contributed by atoms with Crippen LogP contribution in [0.1, 0.15) is 23.2 Å². The molecule has 0 radical (unpaired) electrons. The summed E-state index contributed by atoms with van der Waals surface area (Å²) in [7, 11) is 0. The lowest BCUT2D eigenvalue weighted by molar-refractivity contribution is 0.0927. The van der Waals surface area contributed by atoms with Gasteiger partial charge in [0.1, 0.15) is 13.2 Å². The summed E-state index contributed by atoms with van der Waals surface area (Å²) in [6, 6.07) is 6.08. The average molecular weight is 274 g/mol. The van der Waals surface area contributed by atoms with Gasteiger partial charge in [-0.05, 0) is 43.5 Å². The van der Waals surface area contributed by atoms with E-state index in [1.54, 1.807) is 12.1 Å². The summed E-state index contributed by atoms with van der Waals surface area (Å²) >= 11 is 0. The fraction of sp³-hybridized carbons (Fsp3) is 0.533. The van der Waals surface area contributed by atoms with E-state index >= 15 is 0 Å². The third kappa shape index (κ3) is 2.02. The van der Waals surface area contributed by atoms with Gasteiger partial charge >= 0.3 is 0 Å². The molecule has 4 rings (SSSR count). The lowest BCUT2D eigenvalue weighted by Crippen LogP contribution is -2.47. The zero-order chi connectivity index (χ0) is 13.5. The predicted octanol–water partition coefficient (Wildman–Crippen LogP) is 0.938. The minimum Gasteiger partial charge on any atom is -0.486 e. The van der Waals surface area contributed by atoms with E-state index in [9.17, 15) is 4.79 Å². The van der Waals surface area contributed by atoms with Gasteiger partial charge in [0.05, 0.1) is 0 Å². The molecular formula is C15H18N2O3. The van der Waals surface area contributed by atoms with Crippen molar-refractivity contribution in [1.82, 2.24) is 10.6 Å². The van der Waals surface area contributed by atoms with Crippen molar-refractivity contribution in [3.8, 4) is 11.5 Å². The number of rotatable bonds is 2. The molecule has 20 heavy (non-hydrogen) atoms. The molecule has 2 heterocycles. The second-order valence-corrected chi connectivity index (χ2v) is 5.79. The molecule has 2 N–H and O–H groups in total. The number of hydrogen-bond acceptors (Lipinski definition) is 4. The van der Waals surface area contributed by atoms with Gasteiger partial charge in [-0.15, -0.1) is 0 Å². The summed E-state index contributed by atoms with van der Waals surface area (Å²) in [6.45, 7) is 2.20. The zero-order valence-corrected chi connectivity index (χ0v) is 11.2. The quantitative estimate of drug-likeness (QED) is 0.842. The fourth-order valence-corrected chi connectivity index (χ4v) is 3.45. The molecule has 106 valence electrons. The first-order valence-electron chi connectivity index (χ1n) is 7.23. The van der Waals surface area contributed by atoms with Gasteiger partial charge in [0.15, 0.2) is 11.5 Å². The van der Waals surface area contributed by atoms with Gasteiger partial charge in [-0.3, -0.25) is 4.79 Å². The smallest absolute Gasteiger partial charge is 0.251 e. The summed E-state index contributed by atoms with van der Waals surface area (Å²) < 4.78 is 11.0. The number of benzene rings is 1. The van der Waals surface area contributed by atoms with Crippen LogP contribution in [0.5, 0.6) is 11.5 Å². The molecule has 2 aliphatic heterocycles. The monoisotopic (exact) mass is 274 g/mol. The summed E-state index contributed by atoms with van der Waals surface area (Å²) in [6.07, 6.45) is 2.28. The van der Waals surface area contributed by atoms with Crippen molar-refractivity contribution >= 4 is 5.91 Å². The van der Waals surface area contributed by atoms with Crippen LogP contribution in [0.3, 0.4) is 0 Å². The molecule has 2 fully saturated rings. The molecule has 1 aromatic carbocycles. The van der Waals surface area contributed by atoms with Crippen molar-refractivity contribution in [1.29, 1.82) is 0 Å². The molecule has 5 nitrogen and oxygen atoms in total. The molecule has 0 spiro atoms. The molecule has 3 unspecified atom stereocenters. The van der Waals surface area contributed by atoms with E-state index in [4.69, 9.17) is 9.47 Å². The van der Waals surface area contributed by atoms with Gasteiger partial charge in [-0.2, -0.15) is 0 Å². The van der Waals surface area contributed by atoms with Crippen molar-refractivity contribution < 1.29 is 14.3 Å². The van der Waals surface area contributed by atoms with Gasteiger partial charge in [0.2, 0.25) is 0 Å². The number of hydrogen-bond donors (Lipinski definition) is 2. The van der Waals surface area contributed by atoms with Gasteiger partial charge in [-0.25, -0.2) is 0 Å². The normalized spacial score (nSPS) is 30.3. The van der Waals surface area contributed by atoms with Crippen LogP contribution < -0.4 is 20.1 Å². The van der Waals surface area contributed by atoms with Crippen molar-refractivity contribution in [2.24, 2.45) is 5.92 Å². The first-order valence-corrected chi connectivity index (χ1v) is 7.23. The number of piperidine rings is 1. The Morgan fingerprint density at radius 1 is 1.20 bits per heavy atom. The highest BCUT2D eigenvalue weighted by Crippen LogP contribution is 2.33. The lowest BCUT2D eigenvalue weighted by atomic mass is 10.1. The highest BCUT2D eigenvalue weighted by Gasteiger charge is 2.40. The van der Waals surface area contributed by atoms with Crippen molar-refractivity contribution in [2.75, 3.05) is 19.8 Å². The molecule has 3 atom stereocenters. The van der Waals surface area contributed by atoms with Gasteiger partial charge in [-0.1, -0.05) is 0 Å². The number of ether oxygens (including phenoxy) is 2. The molecule has 5 heteroatoms. The van der Waals surface area contributed by atoms with E-state index in [1.807, 2.05) is 6.07 Å². The summed E-state index contributed by atoms with van der Waals surface area (Å²) in [5.74, 6) is 2.08. The van der Waals surface area contributed by atoms with Gasteiger partial charge in [0.25, 0.3) is 5.91 Å². The topological polar surface area (TPSA) is 59.6 Å². The first-order chi connectivity index (χ1) is 9.79. The van der Waals surface area contributed by atoms with Gasteiger partial charge < -0.3 is 20.1 Å². The average Bonchev–Trinajstić information content (AvgIpc) is 3.09. The Bertz CT molecular complexity index is 546. The second kappa shape index (κ2) is 4.66. The van der Waals surface area contributed by atoms with E-state index in [2.05, 4.69) is 10.6 Å². The Morgan fingerprint density at radius 3 is 2.80 bits per heavy atom. The maximum atomic E-state index is 12.3. The maximum absolute atomic E-state index is 12.3. The van der Waals surface area contributed by atoms with E-state index in [-0.39, 0.29) is 11.9 Å². The summed E-state index contributed by atoms with van der Waals surface area (Å²) in [5.41, 5.74) is 0.636. The summed E-state index contributed by atoms with van der Waals surface area (Å²) in [5, 5.41) is 6.59. The van der Waals surface area contributed by atoms with E-state index in [1.165, 1.54) is 6.42 Å². The SMILES string of the molecule is O=C(NC1CC2CNC1C2)c1ccc2c(c1)OCCO2. The van der Waals surface area contributed by atoms with E-state index in [0.717, 1.165) is 24.6 Å². The molecular weight excluding hydrogens is 256 g/mol. The Hall–Kier alpha value is -1.75. The van der Waals surface area contributed by atoms with E-state index < -0.39 is 0 Å². The predicted molar refractivity (Wildman–Crippen MR) is 73.2 cm³/mol. The minimum atomic E-state index is -0.0266. The number of carbonyl (C=O) groups is 1. The number of fused-ring (bicyclic) bond motifs is 3. The fourth-order valence-electron chi connectivity index (χ4n) is 3.45. The van der Waals surface area contributed by atoms with E-state index in [0.29, 0.717) is 30.6 Å². The number of carbonyl (C=O) groups excluding carboxylic acids is 1. The Morgan fingerprint density at radius 2 is 2.05 bits per heavy atom. The molecule has 3 aliphatic rings. The van der Waals surface area contributed by atoms with Crippen LogP contribution in [0.15, 0.2) is 18.2 Å². The molecule has 1 amide bonds. The van der Waals surface area contributed by atoms with Crippen LogP contribution in [0.2, 0.25) is 0 Å². The third-order valence-corrected chi connectivity index (χ3v) is 4.45. The van der Waals surface area contributed by atoms with Crippen LogP contribution >= 0.6 is 0 Å². The number of nitrogens with one attached hydrogen (secondary N) is 2. The zero-order valence-electron chi connectivity index (χ0n) is 11.2. The molecule has 1 aromatic rings. The Kier molecular flexibility index (Phi) is 2.80. The van der Waals surface area contributed by atoms with Crippen LogP contribution in [-0.4, -0.2) is 37.7 Å². The molecule has 1 saturated heterocycles. The van der Waals surface area contributed by atoms with Crippen LogP contribution in [0.25, 0.3) is 0 Å². The first kappa shape index (κ1) is 12.0. The van der Waals surface area contributed by atoms with Crippen molar-refractivity contribution in [3.05, 3.63) is 23.8 Å².